The number of nitrogens with zero attached hydrogens (tertiary/aromatic N) is 5. The molecule has 1 unspecified atom stereocenters. The molecule has 4 aromatic rings. The molecule has 3 heterocycles. The number of likely N-dealkylation sites (tertiary alicyclic amines) is 2. The summed E-state index contributed by atoms with van der Waals surface area (Å²) in [7, 11) is 0. The molecule has 0 spiro atoms. The zero-order valence-electron chi connectivity index (χ0n) is 29.2. The second-order valence-electron chi connectivity index (χ2n) is 13.9. The van der Waals surface area contributed by atoms with Gasteiger partial charge in [-0.1, -0.05) is 79.4 Å². The molecule has 6 rings (SSSR count). The molecule has 1 amide bonds. The Kier molecular flexibility index (Phi) is 10.8. The van der Waals surface area contributed by atoms with Gasteiger partial charge in [0.25, 0.3) is 5.91 Å². The standard InChI is InChI=1S/C41H50N6O2/c1-30-38(31(2)44-29-43-30)32(3)45-25-21-41(4,22-26-45)46-23-19-37(20-24-46)47(28-34-11-7-5-8-12-34)36-17-15-33(16-18-36)27-42-40(49)39(48)35-13-9-6-10-14-35/h5-18,29,37,39,48H,3,19-28H2,1-2,4H3,(H,42,49). The average Bonchev–Trinajstić information content (AvgIpc) is 3.14. The lowest BCUT2D eigenvalue weighted by atomic mass is 9.85. The van der Waals surface area contributed by atoms with Crippen molar-refractivity contribution in [1.29, 1.82) is 0 Å². The Hall–Kier alpha value is -4.53. The number of piperidine rings is 2. The lowest BCUT2D eigenvalue weighted by Gasteiger charge is -2.51. The Morgan fingerprint density at radius 2 is 1.49 bits per heavy atom. The van der Waals surface area contributed by atoms with Gasteiger partial charge in [0, 0.05) is 67.8 Å². The summed E-state index contributed by atoms with van der Waals surface area (Å²) in [6.45, 7) is 16.3. The third-order valence-corrected chi connectivity index (χ3v) is 10.7. The van der Waals surface area contributed by atoms with Gasteiger partial charge in [-0.2, -0.15) is 0 Å². The molecule has 0 aliphatic carbocycles. The predicted octanol–water partition coefficient (Wildman–Crippen LogP) is 6.44. The van der Waals surface area contributed by atoms with Crippen molar-refractivity contribution in [2.75, 3.05) is 31.1 Å². The number of carbonyl (C=O) groups is 1. The van der Waals surface area contributed by atoms with E-state index in [1.165, 1.54) is 11.3 Å². The highest BCUT2D eigenvalue weighted by molar-refractivity contribution is 5.81. The van der Waals surface area contributed by atoms with Crippen LogP contribution >= 0.6 is 0 Å². The average molecular weight is 659 g/mol. The highest BCUT2D eigenvalue weighted by atomic mass is 16.3. The zero-order valence-corrected chi connectivity index (χ0v) is 29.2. The van der Waals surface area contributed by atoms with Gasteiger partial charge >= 0.3 is 0 Å². The van der Waals surface area contributed by atoms with Gasteiger partial charge in [0.15, 0.2) is 6.10 Å². The van der Waals surface area contributed by atoms with E-state index in [9.17, 15) is 9.90 Å². The fraction of sp³-hybridized carbons (Fsp3) is 0.390. The SMILES string of the molecule is C=C(c1c(C)ncnc1C)N1CCC(C)(N2CCC(N(Cc3ccccc3)c3ccc(CNC(=O)C(O)c4ccccc4)cc3)CC2)CC1. The zero-order chi connectivity index (χ0) is 34.4. The summed E-state index contributed by atoms with van der Waals surface area (Å²) in [4.78, 5) is 29.2. The van der Waals surface area contributed by atoms with Crippen LogP contribution in [0.1, 0.15) is 72.4 Å². The molecule has 2 aliphatic rings. The number of aryl methyl sites for hydroxylation is 2. The Morgan fingerprint density at radius 3 is 2.10 bits per heavy atom. The summed E-state index contributed by atoms with van der Waals surface area (Å²) < 4.78 is 0. The van der Waals surface area contributed by atoms with Crippen LogP contribution in [0, 0.1) is 13.8 Å². The van der Waals surface area contributed by atoms with Gasteiger partial charge in [0.05, 0.1) is 11.4 Å². The third-order valence-electron chi connectivity index (χ3n) is 10.7. The molecule has 256 valence electrons. The first-order valence-corrected chi connectivity index (χ1v) is 17.6. The molecule has 3 aromatic carbocycles. The van der Waals surface area contributed by atoms with E-state index in [0.29, 0.717) is 18.2 Å². The van der Waals surface area contributed by atoms with Gasteiger partial charge in [0.2, 0.25) is 0 Å². The van der Waals surface area contributed by atoms with Crippen LogP contribution in [-0.2, 0) is 17.9 Å². The van der Waals surface area contributed by atoms with Crippen molar-refractivity contribution in [3.05, 3.63) is 131 Å². The number of aromatic nitrogens is 2. The summed E-state index contributed by atoms with van der Waals surface area (Å²) >= 11 is 0. The van der Waals surface area contributed by atoms with Gasteiger partial charge in [-0.3, -0.25) is 9.69 Å². The lowest BCUT2D eigenvalue weighted by Crippen LogP contribution is -2.57. The minimum Gasteiger partial charge on any atom is -0.378 e. The number of hydrogen-bond donors (Lipinski definition) is 2. The number of aliphatic hydroxyl groups is 1. The van der Waals surface area contributed by atoms with Crippen molar-refractivity contribution >= 4 is 17.3 Å². The predicted molar refractivity (Wildman–Crippen MR) is 197 cm³/mol. The molecule has 0 saturated carbocycles. The summed E-state index contributed by atoms with van der Waals surface area (Å²) in [5, 5.41) is 13.3. The van der Waals surface area contributed by atoms with E-state index >= 15 is 0 Å². The molecule has 2 fully saturated rings. The Balaban J connectivity index is 1.07. The molecule has 0 radical (unpaired) electrons. The molecule has 2 saturated heterocycles. The van der Waals surface area contributed by atoms with Crippen LogP contribution in [0.2, 0.25) is 0 Å². The molecule has 1 atom stereocenters. The summed E-state index contributed by atoms with van der Waals surface area (Å²) in [6, 6.07) is 28.7. The third kappa shape index (κ3) is 8.03. The summed E-state index contributed by atoms with van der Waals surface area (Å²) in [5.74, 6) is -0.395. The van der Waals surface area contributed by atoms with Gasteiger partial charge in [-0.05, 0) is 75.3 Å². The monoisotopic (exact) mass is 658 g/mol. The quantitative estimate of drug-likeness (QED) is 0.192. The van der Waals surface area contributed by atoms with Crippen molar-refractivity contribution in [1.82, 2.24) is 25.1 Å². The first-order chi connectivity index (χ1) is 23.7. The number of hydrogen-bond acceptors (Lipinski definition) is 7. The van der Waals surface area contributed by atoms with Crippen molar-refractivity contribution in [3.8, 4) is 0 Å². The summed E-state index contributed by atoms with van der Waals surface area (Å²) in [5.41, 5.74) is 8.37. The van der Waals surface area contributed by atoms with Crippen LogP contribution in [0.4, 0.5) is 5.69 Å². The van der Waals surface area contributed by atoms with E-state index in [2.05, 4.69) is 98.1 Å². The van der Waals surface area contributed by atoms with Crippen molar-refractivity contribution in [3.63, 3.8) is 0 Å². The van der Waals surface area contributed by atoms with Crippen LogP contribution in [0.15, 0.2) is 97.8 Å². The Bertz CT molecular complexity index is 1680. The van der Waals surface area contributed by atoms with Gasteiger partial charge in [-0.15, -0.1) is 0 Å². The molecule has 1 aromatic heterocycles. The van der Waals surface area contributed by atoms with Crippen molar-refractivity contribution in [2.24, 2.45) is 0 Å². The van der Waals surface area contributed by atoms with Crippen LogP contribution in [-0.4, -0.2) is 68.5 Å². The minimum absolute atomic E-state index is 0.170. The number of aliphatic hydroxyl groups excluding tert-OH is 1. The van der Waals surface area contributed by atoms with E-state index in [1.54, 1.807) is 18.5 Å². The Labute approximate surface area is 291 Å². The van der Waals surface area contributed by atoms with E-state index in [0.717, 1.165) is 86.6 Å². The first kappa shape index (κ1) is 34.3. The van der Waals surface area contributed by atoms with E-state index in [4.69, 9.17) is 0 Å². The van der Waals surface area contributed by atoms with Crippen LogP contribution in [0.25, 0.3) is 5.70 Å². The fourth-order valence-corrected chi connectivity index (χ4v) is 7.55. The maximum Gasteiger partial charge on any atom is 0.253 e. The van der Waals surface area contributed by atoms with Crippen LogP contribution in [0.5, 0.6) is 0 Å². The molecule has 8 nitrogen and oxygen atoms in total. The first-order valence-electron chi connectivity index (χ1n) is 17.6. The lowest BCUT2D eigenvalue weighted by molar-refractivity contribution is -0.129. The molecule has 49 heavy (non-hydrogen) atoms. The maximum atomic E-state index is 12.6. The van der Waals surface area contributed by atoms with E-state index in [-0.39, 0.29) is 5.54 Å². The highest BCUT2D eigenvalue weighted by Crippen LogP contribution is 2.36. The van der Waals surface area contributed by atoms with Crippen molar-refractivity contribution in [2.45, 2.75) is 77.2 Å². The number of amides is 1. The maximum absolute atomic E-state index is 12.6. The molecule has 2 aliphatic heterocycles. The number of benzene rings is 3. The highest BCUT2D eigenvalue weighted by Gasteiger charge is 2.39. The summed E-state index contributed by atoms with van der Waals surface area (Å²) in [6.07, 6.45) is 4.88. The molecular formula is C41H50N6O2. The normalized spacial score (nSPS) is 17.3. The smallest absolute Gasteiger partial charge is 0.253 e. The number of rotatable bonds is 11. The largest absolute Gasteiger partial charge is 0.378 e. The second-order valence-corrected chi connectivity index (χ2v) is 13.9. The molecular weight excluding hydrogens is 608 g/mol. The van der Waals surface area contributed by atoms with Gasteiger partial charge in [-0.25, -0.2) is 9.97 Å². The van der Waals surface area contributed by atoms with Crippen LogP contribution in [0.3, 0.4) is 0 Å². The topological polar surface area (TPSA) is 84.8 Å². The number of carbonyl (C=O) groups excluding carboxylic acids is 1. The molecule has 8 heteroatoms. The van der Waals surface area contributed by atoms with Crippen LogP contribution < -0.4 is 10.2 Å². The number of nitrogens with one attached hydrogen (secondary N) is 1. The second kappa shape index (κ2) is 15.3. The molecule has 2 N–H and O–H groups in total. The van der Waals surface area contributed by atoms with Gasteiger partial charge < -0.3 is 20.2 Å². The fourth-order valence-electron chi connectivity index (χ4n) is 7.55. The Morgan fingerprint density at radius 1 is 0.898 bits per heavy atom. The van der Waals surface area contributed by atoms with Crippen molar-refractivity contribution < 1.29 is 9.90 Å². The number of anilines is 1. The van der Waals surface area contributed by atoms with Gasteiger partial charge in [0.1, 0.15) is 6.33 Å². The van der Waals surface area contributed by atoms with E-state index in [1.807, 2.05) is 32.0 Å². The minimum atomic E-state index is -1.18. The molecule has 0 bridgehead atoms. The van der Waals surface area contributed by atoms with E-state index < -0.39 is 12.0 Å².